The van der Waals surface area contributed by atoms with Gasteiger partial charge in [0.2, 0.25) is 5.91 Å². The summed E-state index contributed by atoms with van der Waals surface area (Å²) in [5.74, 6) is -2.02. The van der Waals surface area contributed by atoms with Crippen LogP contribution in [-0.2, 0) is 25.5 Å². The number of carbonyl (C=O) groups is 3. The summed E-state index contributed by atoms with van der Waals surface area (Å²) >= 11 is 13.2. The molecule has 0 fully saturated rings. The van der Waals surface area contributed by atoms with E-state index in [-0.39, 0.29) is 5.56 Å². The Morgan fingerprint density at radius 3 is 2.62 bits per heavy atom. The van der Waals surface area contributed by atoms with Crippen molar-refractivity contribution in [2.24, 2.45) is 0 Å². The van der Waals surface area contributed by atoms with Crippen molar-refractivity contribution in [2.45, 2.75) is 18.8 Å². The van der Waals surface area contributed by atoms with E-state index in [0.29, 0.717) is 39.0 Å². The second-order valence-electron chi connectivity index (χ2n) is 6.24. The molecule has 1 aromatic carbocycles. The molecule has 1 heterocycles. The third-order valence-electron chi connectivity index (χ3n) is 4.52. The number of anilines is 1. The summed E-state index contributed by atoms with van der Waals surface area (Å²) in [5.41, 5.74) is 1.40. The van der Waals surface area contributed by atoms with E-state index in [9.17, 15) is 14.4 Å². The molecule has 2 aromatic rings. The molecule has 1 amide bonds. The lowest BCUT2D eigenvalue weighted by Crippen LogP contribution is -2.16. The van der Waals surface area contributed by atoms with Crippen LogP contribution in [0.1, 0.15) is 38.7 Å². The van der Waals surface area contributed by atoms with Gasteiger partial charge in [-0.15, -0.1) is 11.3 Å². The van der Waals surface area contributed by atoms with Gasteiger partial charge in [-0.05, 0) is 42.2 Å². The van der Waals surface area contributed by atoms with Gasteiger partial charge in [-0.1, -0.05) is 29.3 Å². The maximum atomic E-state index is 12.4. The van der Waals surface area contributed by atoms with E-state index in [1.165, 1.54) is 31.6 Å². The lowest BCUT2D eigenvalue weighted by Gasteiger charge is -2.11. The first kappa shape index (κ1) is 21.4. The smallest absolute Gasteiger partial charge is 0.341 e. The quantitative estimate of drug-likeness (QED) is 0.524. The number of rotatable bonds is 5. The van der Waals surface area contributed by atoms with Gasteiger partial charge in [-0.2, -0.15) is 0 Å². The zero-order valence-electron chi connectivity index (χ0n) is 15.6. The predicted octanol–water partition coefficient (Wildman–Crippen LogP) is 4.70. The monoisotopic (exact) mass is 453 g/mol. The molecule has 1 aromatic heterocycles. The molecule has 0 aliphatic heterocycles. The lowest BCUT2D eigenvalue weighted by atomic mass is 9.99. The molecule has 0 saturated heterocycles. The second-order valence-corrected chi connectivity index (χ2v) is 8.19. The van der Waals surface area contributed by atoms with Gasteiger partial charge in [0.1, 0.15) is 5.00 Å². The van der Waals surface area contributed by atoms with Gasteiger partial charge in [0.25, 0.3) is 0 Å². The summed E-state index contributed by atoms with van der Waals surface area (Å²) in [5, 5.41) is 3.95. The highest BCUT2D eigenvalue weighted by atomic mass is 35.5. The number of aryl methyl sites for hydroxylation is 1. The van der Waals surface area contributed by atoms with Crippen molar-refractivity contribution in [3.63, 3.8) is 0 Å². The number of esters is 2. The Hall–Kier alpha value is -2.35. The Morgan fingerprint density at radius 1 is 1.21 bits per heavy atom. The zero-order chi connectivity index (χ0) is 21.1. The van der Waals surface area contributed by atoms with Crippen LogP contribution in [0.5, 0.6) is 0 Å². The van der Waals surface area contributed by atoms with Crippen LogP contribution in [0.2, 0.25) is 10.0 Å². The van der Waals surface area contributed by atoms with Crippen LogP contribution < -0.4 is 5.32 Å². The summed E-state index contributed by atoms with van der Waals surface area (Å²) in [6.07, 6.45) is 4.03. The summed E-state index contributed by atoms with van der Waals surface area (Å²) < 4.78 is 9.73. The predicted molar refractivity (Wildman–Crippen MR) is 113 cm³/mol. The van der Waals surface area contributed by atoms with Crippen molar-refractivity contribution in [2.75, 3.05) is 19.5 Å². The fraction of sp³-hybridized carbons (Fsp3) is 0.250. The molecule has 0 spiro atoms. The Morgan fingerprint density at radius 2 is 1.97 bits per heavy atom. The van der Waals surface area contributed by atoms with Gasteiger partial charge in [-0.25, -0.2) is 4.79 Å². The van der Waals surface area contributed by atoms with Crippen molar-refractivity contribution in [3.05, 3.63) is 55.9 Å². The molecule has 9 heteroatoms. The van der Waals surface area contributed by atoms with Gasteiger partial charge < -0.3 is 14.8 Å². The second kappa shape index (κ2) is 8.98. The van der Waals surface area contributed by atoms with Crippen LogP contribution in [0.4, 0.5) is 5.00 Å². The molecule has 6 nitrogen and oxygen atoms in total. The lowest BCUT2D eigenvalue weighted by molar-refractivity contribution is -0.142. The average molecular weight is 454 g/mol. The summed E-state index contributed by atoms with van der Waals surface area (Å²) in [6.45, 7) is 0. The van der Waals surface area contributed by atoms with E-state index in [1.807, 2.05) is 0 Å². The number of methoxy groups -OCH3 is 2. The first-order valence-electron chi connectivity index (χ1n) is 8.61. The maximum Gasteiger partial charge on any atom is 0.341 e. The first-order chi connectivity index (χ1) is 13.8. The molecule has 152 valence electrons. The van der Waals surface area contributed by atoms with Crippen LogP contribution >= 0.6 is 34.5 Å². The number of carbonyl (C=O) groups excluding carboxylic acids is 3. The van der Waals surface area contributed by atoms with Crippen LogP contribution in [0.25, 0.3) is 6.08 Å². The molecule has 1 unspecified atom stereocenters. The first-order valence-corrected chi connectivity index (χ1v) is 10.2. The normalized spacial score (nSPS) is 15.2. The van der Waals surface area contributed by atoms with E-state index >= 15 is 0 Å². The van der Waals surface area contributed by atoms with Crippen molar-refractivity contribution in [3.8, 4) is 0 Å². The molecule has 1 atom stereocenters. The fourth-order valence-electron chi connectivity index (χ4n) is 3.19. The molecule has 1 aliphatic rings. The minimum atomic E-state index is -0.613. The Bertz CT molecular complexity index is 1010. The van der Waals surface area contributed by atoms with Crippen molar-refractivity contribution < 1.29 is 23.9 Å². The van der Waals surface area contributed by atoms with E-state index < -0.39 is 23.8 Å². The SMILES string of the molecule is COC(=O)c1c(NC(=O)C=Cc2ccc(Cl)cc2Cl)sc2c1C(C(=O)OC)CC2. The highest BCUT2D eigenvalue weighted by Gasteiger charge is 2.38. The molecule has 0 saturated carbocycles. The highest BCUT2D eigenvalue weighted by Crippen LogP contribution is 2.45. The third-order valence-corrected chi connectivity index (χ3v) is 6.26. The fourth-order valence-corrected chi connectivity index (χ4v) is 4.93. The van der Waals surface area contributed by atoms with E-state index in [2.05, 4.69) is 5.32 Å². The molecular weight excluding hydrogens is 437 g/mol. The van der Waals surface area contributed by atoms with Crippen molar-refractivity contribution >= 4 is 63.5 Å². The molecule has 1 aliphatic carbocycles. The number of nitrogens with one attached hydrogen (secondary N) is 1. The minimum absolute atomic E-state index is 0.201. The minimum Gasteiger partial charge on any atom is -0.469 e. The summed E-state index contributed by atoms with van der Waals surface area (Å²) in [4.78, 5) is 37.8. The zero-order valence-corrected chi connectivity index (χ0v) is 17.9. The maximum absolute atomic E-state index is 12.4. The summed E-state index contributed by atoms with van der Waals surface area (Å²) in [7, 11) is 2.56. The molecule has 0 bridgehead atoms. The number of benzene rings is 1. The molecule has 1 N–H and O–H groups in total. The number of hydrogen-bond donors (Lipinski definition) is 1. The van der Waals surface area contributed by atoms with Crippen LogP contribution in [0.3, 0.4) is 0 Å². The van der Waals surface area contributed by atoms with E-state index in [4.69, 9.17) is 32.7 Å². The number of ether oxygens (including phenoxy) is 2. The number of thiophene rings is 1. The highest BCUT2D eigenvalue weighted by molar-refractivity contribution is 7.17. The van der Waals surface area contributed by atoms with Gasteiger partial charge >= 0.3 is 11.9 Å². The Labute approximate surface area is 181 Å². The van der Waals surface area contributed by atoms with Gasteiger partial charge in [0.05, 0.1) is 25.7 Å². The third kappa shape index (κ3) is 4.47. The van der Waals surface area contributed by atoms with E-state index in [0.717, 1.165) is 4.88 Å². The summed E-state index contributed by atoms with van der Waals surface area (Å²) in [6, 6.07) is 4.93. The van der Waals surface area contributed by atoms with Gasteiger partial charge in [0, 0.05) is 21.0 Å². The molecular formula is C20H17Cl2NO5S. The average Bonchev–Trinajstić information content (AvgIpc) is 3.24. The molecule has 0 radical (unpaired) electrons. The largest absolute Gasteiger partial charge is 0.469 e. The topological polar surface area (TPSA) is 81.7 Å². The molecule has 3 rings (SSSR count). The standard InChI is InChI=1S/C20H17Cl2NO5S/c1-27-19(25)12-6-7-14-16(12)17(20(26)28-2)18(29-14)23-15(24)8-4-10-3-5-11(21)9-13(10)22/h3-5,8-9,12H,6-7H2,1-2H3,(H,23,24). The Balaban J connectivity index is 1.87. The van der Waals surface area contributed by atoms with Crippen LogP contribution in [-0.4, -0.2) is 32.1 Å². The number of hydrogen-bond acceptors (Lipinski definition) is 6. The van der Waals surface area contributed by atoms with Gasteiger partial charge in [0.15, 0.2) is 0 Å². The number of halogens is 2. The Kier molecular flexibility index (Phi) is 6.62. The number of fused-ring (bicyclic) bond motifs is 1. The molecule has 29 heavy (non-hydrogen) atoms. The van der Waals surface area contributed by atoms with Crippen LogP contribution in [0, 0.1) is 0 Å². The number of amides is 1. The van der Waals surface area contributed by atoms with Crippen molar-refractivity contribution in [1.82, 2.24) is 0 Å². The van der Waals surface area contributed by atoms with E-state index in [1.54, 1.807) is 24.3 Å². The van der Waals surface area contributed by atoms with Gasteiger partial charge in [-0.3, -0.25) is 9.59 Å². The van der Waals surface area contributed by atoms with Crippen molar-refractivity contribution in [1.29, 1.82) is 0 Å². The van der Waals surface area contributed by atoms with Crippen LogP contribution in [0.15, 0.2) is 24.3 Å².